The molecule has 0 saturated carbocycles. The average Bonchev–Trinajstić information content (AvgIpc) is 2.88. The second-order valence-electron chi connectivity index (χ2n) is 9.66. The van der Waals surface area contributed by atoms with Crippen molar-refractivity contribution >= 4 is 36.5 Å². The van der Waals surface area contributed by atoms with Crippen LogP contribution in [0.4, 0.5) is 4.79 Å². The summed E-state index contributed by atoms with van der Waals surface area (Å²) >= 11 is -2.95. The van der Waals surface area contributed by atoms with Crippen LogP contribution in [0.2, 0.25) is 13.3 Å². The van der Waals surface area contributed by atoms with Gasteiger partial charge in [0.2, 0.25) is 0 Å². The Balaban J connectivity index is 6.26. The normalized spacial score (nSPS) is 12.1. The van der Waals surface area contributed by atoms with Crippen molar-refractivity contribution in [2.45, 2.75) is 99.3 Å². The van der Waals surface area contributed by atoms with Crippen LogP contribution in [0, 0.1) is 5.41 Å². The molecule has 0 aromatic rings. The molecule has 0 aromatic carbocycles. The van der Waals surface area contributed by atoms with Crippen LogP contribution in [-0.2, 0) is 28.5 Å². The van der Waals surface area contributed by atoms with Crippen LogP contribution in [0.1, 0.15) is 86.0 Å². The fraction of sp³-hybridized carbons (Fsp3) is 0.750. The van der Waals surface area contributed by atoms with E-state index in [1.165, 1.54) is 27.5 Å². The fourth-order valence-corrected chi connectivity index (χ4v) is 20.5. The zero-order valence-corrected chi connectivity index (χ0v) is 26.7. The molecule has 0 rings (SSSR count). The van der Waals surface area contributed by atoms with E-state index in [1.807, 2.05) is 0 Å². The number of esters is 2. The summed E-state index contributed by atoms with van der Waals surface area (Å²) in [6.07, 6.45) is 8.11. The van der Waals surface area contributed by atoms with Crippen LogP contribution in [0.15, 0.2) is 21.8 Å². The van der Waals surface area contributed by atoms with Gasteiger partial charge in [-0.25, -0.2) is 0 Å². The Kier molecular flexibility index (Phi) is 17.9. The number of carbonyl (C=O) groups is 3. The minimum atomic E-state index is -2.95. The van der Waals surface area contributed by atoms with Crippen molar-refractivity contribution in [3.63, 3.8) is 0 Å². The maximum atomic E-state index is 13.2. The van der Waals surface area contributed by atoms with E-state index in [2.05, 4.69) is 27.4 Å². The van der Waals surface area contributed by atoms with Gasteiger partial charge in [0, 0.05) is 0 Å². The van der Waals surface area contributed by atoms with Crippen LogP contribution < -0.4 is 0 Å². The number of ether oxygens (including phenoxy) is 4. The molecule has 0 aliphatic carbocycles. The van der Waals surface area contributed by atoms with Crippen LogP contribution >= 0.6 is 0 Å². The van der Waals surface area contributed by atoms with Crippen LogP contribution in [-0.4, -0.2) is 63.9 Å². The predicted molar refractivity (Wildman–Crippen MR) is 146 cm³/mol. The summed E-state index contributed by atoms with van der Waals surface area (Å²) in [5, 5.41) is 0. The van der Waals surface area contributed by atoms with Gasteiger partial charge in [-0.05, 0) is 0 Å². The molecule has 0 N–H and O–H groups in total. The summed E-state index contributed by atoms with van der Waals surface area (Å²) in [6.45, 7) is 14.9. The van der Waals surface area contributed by atoms with E-state index in [-0.39, 0.29) is 26.1 Å². The summed E-state index contributed by atoms with van der Waals surface area (Å²) in [4.78, 5) is 38.0. The van der Waals surface area contributed by atoms with Crippen molar-refractivity contribution in [3.8, 4) is 0 Å². The first-order chi connectivity index (χ1) is 17.1. The molecule has 0 aromatic heterocycles. The Morgan fingerprint density at radius 3 is 1.69 bits per heavy atom. The molecular formula is C28H50O7Sn. The number of rotatable bonds is 19. The van der Waals surface area contributed by atoms with E-state index < -0.39 is 41.9 Å². The van der Waals surface area contributed by atoms with Crippen molar-refractivity contribution in [2.24, 2.45) is 5.41 Å². The Morgan fingerprint density at radius 2 is 1.31 bits per heavy atom. The van der Waals surface area contributed by atoms with Crippen molar-refractivity contribution in [3.05, 3.63) is 21.8 Å². The molecule has 0 amide bonds. The molecule has 208 valence electrons. The first kappa shape index (κ1) is 34.5. The van der Waals surface area contributed by atoms with E-state index in [9.17, 15) is 14.4 Å². The van der Waals surface area contributed by atoms with Crippen molar-refractivity contribution in [1.82, 2.24) is 0 Å². The van der Waals surface area contributed by atoms with E-state index in [0.717, 1.165) is 42.1 Å². The first-order valence-electron chi connectivity index (χ1n) is 13.4. The number of hydrogen-bond donors (Lipinski definition) is 0. The predicted octanol–water partition coefficient (Wildman–Crippen LogP) is 7.16. The molecule has 0 unspecified atom stereocenters. The number of allylic oxidation sites excluding steroid dienone is 2. The zero-order chi connectivity index (χ0) is 27.6. The topological polar surface area (TPSA) is 88.1 Å². The second kappa shape index (κ2) is 18.7. The standard InChI is InChI=1S/C16H23O7.3C4H9.Sn/c1-6-9-16(13(17)20-4,14(18)21-5)10-8-12(3)11-23-15(19)22-7-2;3*1-3-4-2;/h8H,1,7,9-11H2,2-5H3;3*1,3-4H2,2H3;/b12-8+;;;;. The quantitative estimate of drug-likeness (QED) is 0.0500. The monoisotopic (exact) mass is 618 g/mol. The van der Waals surface area contributed by atoms with E-state index in [1.54, 1.807) is 19.9 Å². The molecule has 0 heterocycles. The Morgan fingerprint density at radius 1 is 0.833 bits per heavy atom. The number of methoxy groups -OCH3 is 2. The molecular weight excluding hydrogens is 567 g/mol. The fourth-order valence-electron chi connectivity index (χ4n) is 4.60. The summed E-state index contributed by atoms with van der Waals surface area (Å²) in [5.74, 6) is -1.24. The first-order valence-corrected chi connectivity index (χ1v) is 20.9. The van der Waals surface area contributed by atoms with Gasteiger partial charge in [0.15, 0.2) is 0 Å². The minimum absolute atomic E-state index is 0.00483. The van der Waals surface area contributed by atoms with Gasteiger partial charge in [0.25, 0.3) is 0 Å². The maximum absolute atomic E-state index is 13.2. The van der Waals surface area contributed by atoms with Crippen LogP contribution in [0.3, 0.4) is 0 Å². The van der Waals surface area contributed by atoms with Gasteiger partial charge < -0.3 is 0 Å². The van der Waals surface area contributed by atoms with Gasteiger partial charge in [-0.2, -0.15) is 0 Å². The third-order valence-electron chi connectivity index (χ3n) is 6.92. The molecule has 0 aliphatic rings. The summed E-state index contributed by atoms with van der Waals surface area (Å²) < 4.78 is 24.9. The van der Waals surface area contributed by atoms with Gasteiger partial charge in [0.05, 0.1) is 0 Å². The third kappa shape index (κ3) is 10.8. The van der Waals surface area contributed by atoms with Gasteiger partial charge in [0.1, 0.15) is 0 Å². The average molecular weight is 617 g/mol. The Hall–Kier alpha value is -1.51. The SMILES string of the molecule is C=[C](CC(C/C=C(\C)COC(=O)OCC)(C(=O)OC)C(=O)OC)[Sn]([CH2]CCC)([CH2]CCC)[CH2]CCC. The van der Waals surface area contributed by atoms with Gasteiger partial charge in [-0.15, -0.1) is 0 Å². The zero-order valence-electron chi connectivity index (χ0n) is 23.8. The molecule has 36 heavy (non-hydrogen) atoms. The number of unbranched alkanes of at least 4 members (excludes halogenated alkanes) is 3. The molecule has 0 fully saturated rings. The second-order valence-corrected chi connectivity index (χ2v) is 23.3. The number of carbonyl (C=O) groups excluding carboxylic acids is 3. The van der Waals surface area contributed by atoms with Gasteiger partial charge >= 0.3 is 224 Å². The summed E-state index contributed by atoms with van der Waals surface area (Å²) in [6, 6.07) is 0. The van der Waals surface area contributed by atoms with Gasteiger partial charge in [-0.1, -0.05) is 0 Å². The van der Waals surface area contributed by atoms with E-state index in [4.69, 9.17) is 18.9 Å². The molecule has 0 spiro atoms. The van der Waals surface area contributed by atoms with Crippen molar-refractivity contribution < 1.29 is 33.3 Å². The molecule has 7 nitrogen and oxygen atoms in total. The molecule has 0 saturated heterocycles. The Labute approximate surface area is 223 Å². The number of hydrogen-bond acceptors (Lipinski definition) is 7. The molecule has 0 bridgehead atoms. The van der Waals surface area contributed by atoms with E-state index in [0.29, 0.717) is 5.57 Å². The summed E-state index contributed by atoms with van der Waals surface area (Å²) in [5.41, 5.74) is -0.818. The molecule has 0 atom stereocenters. The molecule has 8 heteroatoms. The van der Waals surface area contributed by atoms with E-state index >= 15 is 0 Å². The summed E-state index contributed by atoms with van der Waals surface area (Å²) in [7, 11) is 2.59. The third-order valence-corrected chi connectivity index (χ3v) is 22.9. The van der Waals surface area contributed by atoms with Gasteiger partial charge in [-0.3, -0.25) is 0 Å². The Bertz CT molecular complexity index is 692. The van der Waals surface area contributed by atoms with Crippen LogP contribution in [0.5, 0.6) is 0 Å². The molecule has 0 radical (unpaired) electrons. The van der Waals surface area contributed by atoms with Crippen molar-refractivity contribution in [1.29, 1.82) is 0 Å². The molecule has 0 aliphatic heterocycles. The van der Waals surface area contributed by atoms with Crippen LogP contribution in [0.25, 0.3) is 0 Å². The van der Waals surface area contributed by atoms with Crippen molar-refractivity contribution in [2.75, 3.05) is 27.4 Å².